The highest BCUT2D eigenvalue weighted by Crippen LogP contribution is 2.41. The molecule has 0 spiro atoms. The van der Waals surface area contributed by atoms with Crippen LogP contribution in [0.4, 0.5) is 5.69 Å². The summed E-state index contributed by atoms with van der Waals surface area (Å²) in [4.78, 5) is 19.2. The highest BCUT2D eigenvalue weighted by molar-refractivity contribution is 7.99. The molecule has 7 heteroatoms. The number of fused-ring (bicyclic) bond motifs is 2. The summed E-state index contributed by atoms with van der Waals surface area (Å²) in [5, 5.41) is 3.47. The van der Waals surface area contributed by atoms with E-state index in [4.69, 9.17) is 26.1 Å². The number of nitrogens with one attached hydrogen (secondary N) is 1. The van der Waals surface area contributed by atoms with Gasteiger partial charge < -0.3 is 14.8 Å². The lowest BCUT2D eigenvalue weighted by Crippen LogP contribution is -2.34. The minimum atomic E-state index is -0.477. The Balaban J connectivity index is 1.86. The van der Waals surface area contributed by atoms with Gasteiger partial charge in [0.2, 0.25) is 0 Å². The number of hydrogen-bond donors (Lipinski definition) is 1. The number of methoxy groups -OCH3 is 2. The fourth-order valence-electron chi connectivity index (χ4n) is 2.61. The Morgan fingerprint density at radius 2 is 1.92 bits per heavy atom. The van der Waals surface area contributed by atoms with Crippen LogP contribution < -0.4 is 5.32 Å². The van der Waals surface area contributed by atoms with E-state index >= 15 is 0 Å². The maximum atomic E-state index is 12.4. The highest BCUT2D eigenvalue weighted by Gasteiger charge is 2.17. The third-order valence-electron chi connectivity index (χ3n) is 4.02. The average molecular weight is 391 g/mol. The van der Waals surface area contributed by atoms with Gasteiger partial charge in [-0.15, -0.1) is 0 Å². The SMILES string of the molecule is COC(CNC(=O)c1ccc2c(c1)N=C(C)c1cc(Cl)ccc1S2)OC. The van der Waals surface area contributed by atoms with Crippen molar-refractivity contribution in [1.82, 2.24) is 5.32 Å². The van der Waals surface area contributed by atoms with Gasteiger partial charge in [0.05, 0.1) is 12.2 Å². The number of hydrogen-bond acceptors (Lipinski definition) is 5. The highest BCUT2D eigenvalue weighted by atomic mass is 35.5. The molecule has 1 amide bonds. The zero-order valence-electron chi connectivity index (χ0n) is 14.7. The fourth-order valence-corrected chi connectivity index (χ4v) is 3.81. The Morgan fingerprint density at radius 1 is 1.19 bits per heavy atom. The second-order valence-corrected chi connectivity index (χ2v) is 7.25. The van der Waals surface area contributed by atoms with Gasteiger partial charge in [0, 0.05) is 45.9 Å². The molecule has 26 heavy (non-hydrogen) atoms. The van der Waals surface area contributed by atoms with E-state index in [1.807, 2.05) is 31.2 Å². The summed E-state index contributed by atoms with van der Waals surface area (Å²) < 4.78 is 10.2. The second-order valence-electron chi connectivity index (χ2n) is 5.73. The van der Waals surface area contributed by atoms with Gasteiger partial charge in [-0.2, -0.15) is 0 Å². The number of nitrogens with zero attached hydrogens (tertiary/aromatic N) is 1. The first-order chi connectivity index (χ1) is 12.5. The summed E-state index contributed by atoms with van der Waals surface area (Å²) in [6.45, 7) is 2.21. The molecule has 1 heterocycles. The first kappa shape index (κ1) is 18.9. The standard InChI is InChI=1S/C19H19ClN2O3S/c1-11-14-9-13(20)5-7-16(14)26-17-6-4-12(8-15(17)22-11)19(23)21-10-18(24-2)25-3/h4-9,18H,10H2,1-3H3,(H,21,23). The van der Waals surface area contributed by atoms with E-state index in [-0.39, 0.29) is 12.5 Å². The van der Waals surface area contributed by atoms with E-state index in [1.165, 1.54) is 14.2 Å². The number of halogens is 1. The van der Waals surface area contributed by atoms with Crippen molar-refractivity contribution in [2.75, 3.05) is 20.8 Å². The van der Waals surface area contributed by atoms with Gasteiger partial charge >= 0.3 is 0 Å². The molecule has 0 aromatic heterocycles. The largest absolute Gasteiger partial charge is 0.354 e. The van der Waals surface area contributed by atoms with Crippen LogP contribution in [-0.4, -0.2) is 38.7 Å². The molecule has 0 bridgehead atoms. The van der Waals surface area contributed by atoms with Crippen LogP contribution in [0.1, 0.15) is 22.8 Å². The van der Waals surface area contributed by atoms with Gasteiger partial charge in [-0.25, -0.2) is 0 Å². The molecule has 1 aliphatic rings. The van der Waals surface area contributed by atoms with Crippen molar-refractivity contribution in [3.63, 3.8) is 0 Å². The Labute approximate surface area is 161 Å². The molecule has 5 nitrogen and oxygen atoms in total. The molecule has 0 atom stereocenters. The van der Waals surface area contributed by atoms with Crippen LogP contribution in [0.15, 0.2) is 51.2 Å². The lowest BCUT2D eigenvalue weighted by atomic mass is 10.1. The minimum absolute atomic E-state index is 0.199. The van der Waals surface area contributed by atoms with E-state index in [0.717, 1.165) is 26.8 Å². The molecule has 0 fully saturated rings. The molecule has 2 aromatic carbocycles. The summed E-state index contributed by atoms with van der Waals surface area (Å²) in [7, 11) is 3.06. The normalized spacial score (nSPS) is 12.9. The Hall–Kier alpha value is -1.86. The summed E-state index contributed by atoms with van der Waals surface area (Å²) >= 11 is 7.74. The number of ether oxygens (including phenoxy) is 2. The Kier molecular flexibility index (Phi) is 5.98. The summed E-state index contributed by atoms with van der Waals surface area (Å²) in [6.07, 6.45) is -0.477. The number of benzene rings is 2. The number of amides is 1. The van der Waals surface area contributed by atoms with Crippen molar-refractivity contribution in [2.24, 2.45) is 4.99 Å². The molecule has 1 aliphatic heterocycles. The molecule has 2 aromatic rings. The quantitative estimate of drug-likeness (QED) is 0.773. The lowest BCUT2D eigenvalue weighted by Gasteiger charge is -2.14. The summed E-state index contributed by atoms with van der Waals surface area (Å²) in [5.74, 6) is -0.199. The van der Waals surface area contributed by atoms with Crippen LogP contribution in [0, 0.1) is 0 Å². The third-order valence-corrected chi connectivity index (χ3v) is 5.39. The number of rotatable bonds is 5. The molecule has 0 saturated carbocycles. The van der Waals surface area contributed by atoms with Crippen LogP contribution in [0.3, 0.4) is 0 Å². The zero-order valence-corrected chi connectivity index (χ0v) is 16.3. The van der Waals surface area contributed by atoms with Crippen LogP contribution in [-0.2, 0) is 9.47 Å². The van der Waals surface area contributed by atoms with Crippen molar-refractivity contribution in [3.05, 3.63) is 52.5 Å². The van der Waals surface area contributed by atoms with Crippen molar-refractivity contribution in [1.29, 1.82) is 0 Å². The average Bonchev–Trinajstić information content (AvgIpc) is 2.77. The van der Waals surface area contributed by atoms with Crippen LogP contribution in [0.25, 0.3) is 0 Å². The molecular weight excluding hydrogens is 372 g/mol. The van der Waals surface area contributed by atoms with Gasteiger partial charge in [-0.1, -0.05) is 23.4 Å². The monoisotopic (exact) mass is 390 g/mol. The Bertz CT molecular complexity index is 866. The number of aliphatic imine (C=N–C) groups is 1. The maximum absolute atomic E-state index is 12.4. The Morgan fingerprint density at radius 3 is 2.65 bits per heavy atom. The lowest BCUT2D eigenvalue weighted by molar-refractivity contribution is -0.0974. The van der Waals surface area contributed by atoms with Crippen molar-refractivity contribution >= 4 is 40.7 Å². The number of carbonyl (C=O) groups excluding carboxylic acids is 1. The van der Waals surface area contributed by atoms with Gasteiger partial charge in [-0.3, -0.25) is 9.79 Å². The molecule has 0 radical (unpaired) electrons. The topological polar surface area (TPSA) is 59.9 Å². The first-order valence-electron chi connectivity index (χ1n) is 8.02. The second kappa shape index (κ2) is 8.22. The van der Waals surface area contributed by atoms with E-state index in [1.54, 1.807) is 23.9 Å². The van der Waals surface area contributed by atoms with E-state index in [2.05, 4.69) is 5.32 Å². The smallest absolute Gasteiger partial charge is 0.251 e. The molecule has 136 valence electrons. The molecular formula is C19H19ClN2O3S. The molecule has 0 unspecified atom stereocenters. The van der Waals surface area contributed by atoms with E-state index < -0.39 is 6.29 Å². The molecule has 0 saturated heterocycles. The van der Waals surface area contributed by atoms with Gasteiger partial charge in [0.25, 0.3) is 5.91 Å². The maximum Gasteiger partial charge on any atom is 0.251 e. The minimum Gasteiger partial charge on any atom is -0.354 e. The van der Waals surface area contributed by atoms with Crippen molar-refractivity contribution in [2.45, 2.75) is 23.0 Å². The molecule has 0 aliphatic carbocycles. The molecule has 3 rings (SSSR count). The van der Waals surface area contributed by atoms with Gasteiger partial charge in [0.15, 0.2) is 6.29 Å². The van der Waals surface area contributed by atoms with Crippen molar-refractivity contribution in [3.8, 4) is 0 Å². The zero-order chi connectivity index (χ0) is 18.7. The van der Waals surface area contributed by atoms with E-state index in [0.29, 0.717) is 10.6 Å². The molecule has 1 N–H and O–H groups in total. The third kappa shape index (κ3) is 4.10. The predicted octanol–water partition coefficient (Wildman–Crippen LogP) is 4.29. The fraction of sp³-hybridized carbons (Fsp3) is 0.263. The van der Waals surface area contributed by atoms with Crippen LogP contribution in [0.2, 0.25) is 5.02 Å². The van der Waals surface area contributed by atoms with Crippen LogP contribution >= 0.6 is 23.4 Å². The number of carbonyl (C=O) groups is 1. The van der Waals surface area contributed by atoms with Gasteiger partial charge in [-0.05, 0) is 43.3 Å². The predicted molar refractivity (Wildman–Crippen MR) is 104 cm³/mol. The summed E-state index contributed by atoms with van der Waals surface area (Å²) in [5.41, 5.74) is 3.18. The van der Waals surface area contributed by atoms with Crippen molar-refractivity contribution < 1.29 is 14.3 Å². The van der Waals surface area contributed by atoms with Crippen LogP contribution in [0.5, 0.6) is 0 Å². The summed E-state index contributed by atoms with van der Waals surface area (Å²) in [6, 6.07) is 11.3. The van der Waals surface area contributed by atoms with E-state index in [9.17, 15) is 4.79 Å². The first-order valence-corrected chi connectivity index (χ1v) is 9.22. The van der Waals surface area contributed by atoms with Gasteiger partial charge in [0.1, 0.15) is 0 Å².